The van der Waals surface area contributed by atoms with Crippen LogP contribution in [0.1, 0.15) is 26.3 Å². The van der Waals surface area contributed by atoms with Crippen molar-refractivity contribution in [1.82, 2.24) is 14.8 Å². The van der Waals surface area contributed by atoms with E-state index in [2.05, 4.69) is 97.7 Å². The van der Waals surface area contributed by atoms with Crippen molar-refractivity contribution < 1.29 is 0 Å². The summed E-state index contributed by atoms with van der Waals surface area (Å²) < 4.78 is 2.00. The van der Waals surface area contributed by atoms with E-state index >= 15 is 0 Å². The van der Waals surface area contributed by atoms with E-state index in [1.807, 2.05) is 10.6 Å². The highest BCUT2D eigenvalue weighted by molar-refractivity contribution is 5.89. The van der Waals surface area contributed by atoms with Gasteiger partial charge in [-0.3, -0.25) is 4.57 Å². The molecule has 1 heterocycles. The maximum atomic E-state index is 4.04. The van der Waals surface area contributed by atoms with Crippen molar-refractivity contribution in [2.24, 2.45) is 0 Å². The van der Waals surface area contributed by atoms with Crippen LogP contribution < -0.4 is 0 Å². The van der Waals surface area contributed by atoms with Gasteiger partial charge in [-0.2, -0.15) is 0 Å². The first-order chi connectivity index (χ1) is 13.0. The Morgan fingerprint density at radius 3 is 1.81 bits per heavy atom. The van der Waals surface area contributed by atoms with Crippen LogP contribution >= 0.6 is 0 Å². The van der Waals surface area contributed by atoms with Crippen molar-refractivity contribution in [1.29, 1.82) is 0 Å². The van der Waals surface area contributed by atoms with Gasteiger partial charge in [0.25, 0.3) is 0 Å². The summed E-state index contributed by atoms with van der Waals surface area (Å²) in [4.78, 5) is 0. The van der Waals surface area contributed by atoms with E-state index in [1.165, 1.54) is 27.8 Å². The summed E-state index contributed by atoms with van der Waals surface area (Å²) in [6.07, 6.45) is 3.53. The molecule has 3 nitrogen and oxygen atoms in total. The van der Waals surface area contributed by atoms with Crippen LogP contribution in [-0.4, -0.2) is 14.8 Å². The minimum atomic E-state index is 0.0293. The van der Waals surface area contributed by atoms with E-state index in [1.54, 1.807) is 12.7 Å². The molecule has 0 bridgehead atoms. The predicted octanol–water partition coefficient (Wildman–Crippen LogP) is 5.90. The van der Waals surface area contributed by atoms with Gasteiger partial charge in [0.15, 0.2) is 0 Å². The van der Waals surface area contributed by atoms with Gasteiger partial charge in [0.05, 0.1) is 5.69 Å². The van der Waals surface area contributed by atoms with Gasteiger partial charge in [-0.15, -0.1) is 10.2 Å². The van der Waals surface area contributed by atoms with E-state index < -0.39 is 0 Å². The number of rotatable bonds is 3. The van der Waals surface area contributed by atoms with Gasteiger partial charge in [-0.05, 0) is 39.8 Å². The average Bonchev–Trinajstić information content (AvgIpc) is 3.22. The van der Waals surface area contributed by atoms with Gasteiger partial charge in [0.2, 0.25) is 0 Å². The van der Waals surface area contributed by atoms with Gasteiger partial charge >= 0.3 is 0 Å². The van der Waals surface area contributed by atoms with Crippen LogP contribution in [0.15, 0.2) is 85.5 Å². The minimum Gasteiger partial charge on any atom is -0.288 e. The lowest BCUT2D eigenvalue weighted by Crippen LogP contribution is -2.13. The molecule has 0 saturated heterocycles. The number of aromatic nitrogens is 3. The quantitative estimate of drug-likeness (QED) is 0.459. The standard InChI is InChI=1S/C24H23N3/c1-24(2,3)20-14-21(18-10-6-4-7-11-18)23(19-12-8-5-9-13-19)22(15-20)27-16-25-26-17-27/h4-17H,1-3H3. The van der Waals surface area contributed by atoms with Crippen molar-refractivity contribution in [3.05, 3.63) is 91.0 Å². The first-order valence-electron chi connectivity index (χ1n) is 9.18. The van der Waals surface area contributed by atoms with E-state index in [0.717, 1.165) is 5.69 Å². The monoisotopic (exact) mass is 353 g/mol. The van der Waals surface area contributed by atoms with Gasteiger partial charge in [-0.25, -0.2) is 0 Å². The summed E-state index contributed by atoms with van der Waals surface area (Å²) in [7, 11) is 0. The molecule has 4 aromatic rings. The number of hydrogen-bond donors (Lipinski definition) is 0. The molecule has 0 aliphatic rings. The van der Waals surface area contributed by atoms with E-state index in [0.29, 0.717) is 0 Å². The predicted molar refractivity (Wildman–Crippen MR) is 111 cm³/mol. The Labute approximate surface area is 160 Å². The lowest BCUT2D eigenvalue weighted by Gasteiger charge is -2.24. The van der Waals surface area contributed by atoms with Gasteiger partial charge in [0.1, 0.15) is 12.7 Å². The smallest absolute Gasteiger partial charge is 0.123 e. The number of benzene rings is 3. The maximum absolute atomic E-state index is 4.04. The van der Waals surface area contributed by atoms with Crippen LogP contribution in [0.3, 0.4) is 0 Å². The molecule has 0 aliphatic heterocycles. The van der Waals surface area contributed by atoms with Crippen molar-refractivity contribution in [3.63, 3.8) is 0 Å². The van der Waals surface area contributed by atoms with Crippen LogP contribution in [0, 0.1) is 0 Å². The molecule has 0 aliphatic carbocycles. The molecule has 0 unspecified atom stereocenters. The van der Waals surface area contributed by atoms with Crippen LogP contribution in [0.25, 0.3) is 27.9 Å². The summed E-state index contributed by atoms with van der Waals surface area (Å²) in [6, 6.07) is 25.7. The molecule has 3 heteroatoms. The minimum absolute atomic E-state index is 0.0293. The van der Waals surface area contributed by atoms with Crippen molar-refractivity contribution >= 4 is 0 Å². The van der Waals surface area contributed by atoms with Crippen molar-refractivity contribution in [2.45, 2.75) is 26.2 Å². The summed E-state index contributed by atoms with van der Waals surface area (Å²) in [6.45, 7) is 6.74. The van der Waals surface area contributed by atoms with Crippen molar-refractivity contribution in [2.75, 3.05) is 0 Å². The SMILES string of the molecule is CC(C)(C)c1cc(-c2ccccc2)c(-c2ccccc2)c(-n2cnnc2)c1. The first kappa shape index (κ1) is 17.2. The zero-order chi connectivity index (χ0) is 18.9. The molecule has 4 rings (SSSR count). The fourth-order valence-corrected chi connectivity index (χ4v) is 3.34. The second kappa shape index (κ2) is 6.84. The van der Waals surface area contributed by atoms with Crippen LogP contribution in [-0.2, 0) is 5.41 Å². The molecule has 0 atom stereocenters. The summed E-state index contributed by atoms with van der Waals surface area (Å²) >= 11 is 0. The molecule has 0 spiro atoms. The maximum Gasteiger partial charge on any atom is 0.123 e. The molecule has 0 amide bonds. The lowest BCUT2D eigenvalue weighted by molar-refractivity contribution is 0.590. The van der Waals surface area contributed by atoms with Crippen LogP contribution in [0.2, 0.25) is 0 Å². The fraction of sp³-hybridized carbons (Fsp3) is 0.167. The average molecular weight is 353 g/mol. The first-order valence-corrected chi connectivity index (χ1v) is 9.18. The van der Waals surface area contributed by atoms with Crippen LogP contribution in [0.5, 0.6) is 0 Å². The van der Waals surface area contributed by atoms with Gasteiger partial charge in [0, 0.05) is 5.56 Å². The van der Waals surface area contributed by atoms with E-state index in [-0.39, 0.29) is 5.41 Å². The summed E-state index contributed by atoms with van der Waals surface area (Å²) in [5.74, 6) is 0. The third kappa shape index (κ3) is 3.41. The summed E-state index contributed by atoms with van der Waals surface area (Å²) in [5.41, 5.74) is 7.20. The highest BCUT2D eigenvalue weighted by atomic mass is 15.2. The molecule has 27 heavy (non-hydrogen) atoms. The fourth-order valence-electron chi connectivity index (χ4n) is 3.34. The Balaban J connectivity index is 2.11. The largest absolute Gasteiger partial charge is 0.288 e. The normalized spacial score (nSPS) is 11.5. The Morgan fingerprint density at radius 1 is 0.704 bits per heavy atom. The number of hydrogen-bond acceptors (Lipinski definition) is 2. The number of nitrogens with zero attached hydrogens (tertiary/aromatic N) is 3. The molecule has 0 N–H and O–H groups in total. The second-order valence-corrected chi connectivity index (χ2v) is 7.77. The molecule has 0 fully saturated rings. The second-order valence-electron chi connectivity index (χ2n) is 7.77. The Kier molecular flexibility index (Phi) is 4.36. The van der Waals surface area contributed by atoms with E-state index in [9.17, 15) is 0 Å². The van der Waals surface area contributed by atoms with Crippen molar-refractivity contribution in [3.8, 4) is 27.9 Å². The third-order valence-electron chi connectivity index (χ3n) is 4.83. The highest BCUT2D eigenvalue weighted by Gasteiger charge is 2.21. The van der Waals surface area contributed by atoms with E-state index in [4.69, 9.17) is 0 Å². The Morgan fingerprint density at radius 2 is 1.26 bits per heavy atom. The molecule has 134 valence electrons. The topological polar surface area (TPSA) is 30.7 Å². The Bertz CT molecular complexity index is 1030. The molecule has 0 radical (unpaired) electrons. The molecular weight excluding hydrogens is 330 g/mol. The molecular formula is C24H23N3. The summed E-state index contributed by atoms with van der Waals surface area (Å²) in [5, 5.41) is 8.08. The highest BCUT2D eigenvalue weighted by Crippen LogP contribution is 2.40. The molecule has 3 aromatic carbocycles. The Hall–Kier alpha value is -3.20. The zero-order valence-electron chi connectivity index (χ0n) is 15.9. The molecule has 1 aromatic heterocycles. The zero-order valence-corrected chi connectivity index (χ0v) is 15.9. The van der Waals surface area contributed by atoms with Gasteiger partial charge in [-0.1, -0.05) is 81.4 Å². The molecule has 0 saturated carbocycles. The third-order valence-corrected chi connectivity index (χ3v) is 4.83. The lowest BCUT2D eigenvalue weighted by atomic mass is 9.82. The van der Waals surface area contributed by atoms with Gasteiger partial charge < -0.3 is 0 Å². The van der Waals surface area contributed by atoms with Crippen LogP contribution in [0.4, 0.5) is 0 Å².